The fraction of sp³-hybridized carbons (Fsp3) is 0.154. The molecule has 0 radical (unpaired) electrons. The Balaban J connectivity index is 1.48. The summed E-state index contributed by atoms with van der Waals surface area (Å²) in [4.78, 5) is 42.3. The number of amides is 3. The van der Waals surface area contributed by atoms with Gasteiger partial charge in [-0.2, -0.15) is 0 Å². The van der Waals surface area contributed by atoms with Crippen LogP contribution >= 0.6 is 0 Å². The highest BCUT2D eigenvalue weighted by atomic mass is 16.5. The normalized spacial score (nSPS) is 14.7. The van der Waals surface area contributed by atoms with Gasteiger partial charge in [0.25, 0.3) is 11.8 Å². The fourth-order valence-corrected chi connectivity index (χ4v) is 3.74. The van der Waals surface area contributed by atoms with Gasteiger partial charge in [-0.3, -0.25) is 14.4 Å². The summed E-state index contributed by atoms with van der Waals surface area (Å²) in [5.74, 6) is 0.133. The van der Waals surface area contributed by atoms with Gasteiger partial charge in [0.15, 0.2) is 0 Å². The molecule has 0 spiro atoms. The molecule has 1 aliphatic heterocycles. The Morgan fingerprint density at radius 2 is 1.86 bits per heavy atom. The van der Waals surface area contributed by atoms with Crippen LogP contribution in [-0.2, 0) is 4.79 Å². The third-order valence-electron chi connectivity index (χ3n) is 5.54. The molecule has 1 fully saturated rings. The highest BCUT2D eigenvalue weighted by Crippen LogP contribution is 2.30. The van der Waals surface area contributed by atoms with E-state index in [0.29, 0.717) is 35.9 Å². The van der Waals surface area contributed by atoms with E-state index >= 15 is 0 Å². The molecule has 1 atom stereocenters. The Morgan fingerprint density at radius 1 is 1.11 bits per heavy atom. The smallest absolute Gasteiger partial charge is 0.255 e. The molecule has 178 valence electrons. The standard InChI is InChI=1S/C26H25N5O4/c1-2-24(32)29-19-12-13-31(16-19)23-14-22(21(15-28-23)25(27)33)35-20-10-8-17(9-11-20)26(34)30-18-6-4-3-5-7-18/h2-11,14-15,19H,1,12-13,16H2,(H2,27,33)(H,29,32)(H,30,34)/t19-/m0/s1. The van der Waals surface area contributed by atoms with Crippen molar-refractivity contribution < 1.29 is 19.1 Å². The van der Waals surface area contributed by atoms with E-state index in [0.717, 1.165) is 6.42 Å². The molecule has 9 heteroatoms. The van der Waals surface area contributed by atoms with Crippen molar-refractivity contribution in [2.24, 2.45) is 5.73 Å². The van der Waals surface area contributed by atoms with E-state index in [1.54, 1.807) is 42.5 Å². The second-order valence-electron chi connectivity index (χ2n) is 7.99. The zero-order chi connectivity index (χ0) is 24.8. The number of hydrogen-bond donors (Lipinski definition) is 3. The Hall–Kier alpha value is -4.66. The first-order chi connectivity index (χ1) is 16.9. The molecule has 1 saturated heterocycles. The summed E-state index contributed by atoms with van der Waals surface area (Å²) < 4.78 is 5.95. The first-order valence-corrected chi connectivity index (χ1v) is 11.0. The van der Waals surface area contributed by atoms with Crippen molar-refractivity contribution in [3.05, 3.63) is 90.6 Å². The molecule has 9 nitrogen and oxygen atoms in total. The van der Waals surface area contributed by atoms with Crippen molar-refractivity contribution in [3.8, 4) is 11.5 Å². The predicted octanol–water partition coefficient (Wildman–Crippen LogP) is 3.11. The van der Waals surface area contributed by atoms with Crippen LogP contribution in [0.5, 0.6) is 11.5 Å². The molecule has 2 aromatic carbocycles. The summed E-state index contributed by atoms with van der Waals surface area (Å²) in [6.45, 7) is 4.71. The van der Waals surface area contributed by atoms with Crippen LogP contribution in [0.2, 0.25) is 0 Å². The number of nitrogens with one attached hydrogen (secondary N) is 2. The van der Waals surface area contributed by atoms with E-state index in [-0.39, 0.29) is 29.2 Å². The summed E-state index contributed by atoms with van der Waals surface area (Å²) >= 11 is 0. The van der Waals surface area contributed by atoms with Gasteiger partial charge in [-0.05, 0) is 48.9 Å². The van der Waals surface area contributed by atoms with Crippen LogP contribution in [0.1, 0.15) is 27.1 Å². The molecule has 35 heavy (non-hydrogen) atoms. The van der Waals surface area contributed by atoms with Crippen molar-refractivity contribution in [2.45, 2.75) is 12.5 Å². The number of rotatable bonds is 8. The number of aromatic nitrogens is 1. The van der Waals surface area contributed by atoms with Crippen molar-refractivity contribution in [2.75, 3.05) is 23.3 Å². The van der Waals surface area contributed by atoms with Crippen molar-refractivity contribution in [1.29, 1.82) is 0 Å². The Kier molecular flexibility index (Phi) is 7.06. The van der Waals surface area contributed by atoms with E-state index in [1.165, 1.54) is 12.3 Å². The van der Waals surface area contributed by atoms with Crippen LogP contribution in [0, 0.1) is 0 Å². The second-order valence-corrected chi connectivity index (χ2v) is 7.99. The van der Waals surface area contributed by atoms with Gasteiger partial charge in [-0.25, -0.2) is 4.98 Å². The number of nitrogens with two attached hydrogens (primary N) is 1. The molecule has 1 aromatic heterocycles. The number of anilines is 2. The van der Waals surface area contributed by atoms with Crippen molar-refractivity contribution in [3.63, 3.8) is 0 Å². The lowest BCUT2D eigenvalue weighted by Crippen LogP contribution is -2.36. The van der Waals surface area contributed by atoms with Crippen LogP contribution in [0.25, 0.3) is 0 Å². The van der Waals surface area contributed by atoms with Gasteiger partial charge in [0.1, 0.15) is 22.9 Å². The molecule has 4 N–H and O–H groups in total. The number of primary amides is 1. The van der Waals surface area contributed by atoms with Crippen LogP contribution in [0.3, 0.4) is 0 Å². The first kappa shape index (κ1) is 23.5. The van der Waals surface area contributed by atoms with Gasteiger partial charge in [0.05, 0.1) is 0 Å². The lowest BCUT2D eigenvalue weighted by molar-refractivity contribution is -0.117. The molecule has 0 aliphatic carbocycles. The molecule has 0 bridgehead atoms. The van der Waals surface area contributed by atoms with Crippen LogP contribution in [-0.4, -0.2) is 41.8 Å². The van der Waals surface area contributed by atoms with Crippen LogP contribution in [0.15, 0.2) is 79.5 Å². The van der Waals surface area contributed by atoms with Gasteiger partial charge in [0.2, 0.25) is 5.91 Å². The van der Waals surface area contributed by atoms with Gasteiger partial charge in [-0.15, -0.1) is 0 Å². The highest BCUT2D eigenvalue weighted by molar-refractivity contribution is 6.04. The number of carbonyl (C=O) groups is 3. The number of pyridine rings is 1. The molecule has 0 saturated carbocycles. The third-order valence-corrected chi connectivity index (χ3v) is 5.54. The summed E-state index contributed by atoms with van der Waals surface area (Å²) in [6.07, 6.45) is 3.37. The number of ether oxygens (including phenoxy) is 1. The summed E-state index contributed by atoms with van der Waals surface area (Å²) in [5, 5.41) is 5.70. The molecule has 2 heterocycles. The number of hydrogen-bond acceptors (Lipinski definition) is 6. The van der Waals surface area contributed by atoms with Crippen LogP contribution in [0.4, 0.5) is 11.5 Å². The van der Waals surface area contributed by atoms with E-state index in [9.17, 15) is 14.4 Å². The van der Waals surface area contributed by atoms with E-state index in [4.69, 9.17) is 10.5 Å². The average Bonchev–Trinajstić information content (AvgIpc) is 3.33. The number of para-hydroxylation sites is 1. The minimum absolute atomic E-state index is 0.0305. The van der Waals surface area contributed by atoms with Gasteiger partial charge in [0, 0.05) is 42.6 Å². The minimum atomic E-state index is -0.671. The summed E-state index contributed by atoms with van der Waals surface area (Å²) in [6, 6.07) is 17.3. The van der Waals surface area contributed by atoms with Gasteiger partial charge in [-0.1, -0.05) is 24.8 Å². The minimum Gasteiger partial charge on any atom is -0.456 e. The Morgan fingerprint density at radius 3 is 2.54 bits per heavy atom. The molecule has 3 amide bonds. The zero-order valence-electron chi connectivity index (χ0n) is 18.9. The second kappa shape index (κ2) is 10.5. The Bertz CT molecular complexity index is 1240. The van der Waals surface area contributed by atoms with Crippen molar-refractivity contribution >= 4 is 29.2 Å². The maximum absolute atomic E-state index is 12.5. The largest absolute Gasteiger partial charge is 0.456 e. The highest BCUT2D eigenvalue weighted by Gasteiger charge is 2.25. The van der Waals surface area contributed by atoms with E-state index < -0.39 is 5.91 Å². The maximum atomic E-state index is 12.5. The zero-order valence-corrected chi connectivity index (χ0v) is 18.9. The van der Waals surface area contributed by atoms with Gasteiger partial charge < -0.3 is 26.0 Å². The molecule has 0 unspecified atom stereocenters. The van der Waals surface area contributed by atoms with E-state index in [2.05, 4.69) is 22.2 Å². The molecular weight excluding hydrogens is 446 g/mol. The monoisotopic (exact) mass is 471 g/mol. The fourth-order valence-electron chi connectivity index (χ4n) is 3.74. The number of nitrogens with zero attached hydrogens (tertiary/aromatic N) is 2. The molecule has 4 rings (SSSR count). The topological polar surface area (TPSA) is 127 Å². The molecule has 1 aliphatic rings. The lowest BCUT2D eigenvalue weighted by Gasteiger charge is -2.19. The third kappa shape index (κ3) is 5.83. The molecular formula is C26H25N5O4. The Labute approximate surface area is 202 Å². The first-order valence-electron chi connectivity index (χ1n) is 11.0. The SMILES string of the molecule is C=CC(=O)N[C@H]1CCN(c2cc(Oc3ccc(C(=O)Nc4ccccc4)cc3)c(C(N)=O)cn2)C1. The quantitative estimate of drug-likeness (QED) is 0.433. The van der Waals surface area contributed by atoms with Crippen LogP contribution < -0.4 is 26.0 Å². The van der Waals surface area contributed by atoms with Gasteiger partial charge >= 0.3 is 0 Å². The maximum Gasteiger partial charge on any atom is 0.255 e. The van der Waals surface area contributed by atoms with Crippen molar-refractivity contribution in [1.82, 2.24) is 10.3 Å². The number of benzene rings is 2. The lowest BCUT2D eigenvalue weighted by atomic mass is 10.2. The summed E-state index contributed by atoms with van der Waals surface area (Å²) in [7, 11) is 0. The predicted molar refractivity (Wildman–Crippen MR) is 133 cm³/mol. The number of carbonyl (C=O) groups excluding carboxylic acids is 3. The summed E-state index contributed by atoms with van der Waals surface area (Å²) in [5.41, 5.74) is 6.80. The molecule has 3 aromatic rings. The average molecular weight is 472 g/mol. The van der Waals surface area contributed by atoms with E-state index in [1.807, 2.05) is 23.1 Å².